The van der Waals surface area contributed by atoms with E-state index in [1.54, 1.807) is 11.8 Å². The first-order chi connectivity index (χ1) is 23.7. The Labute approximate surface area is 292 Å². The van der Waals surface area contributed by atoms with Crippen LogP contribution >= 0.6 is 30.9 Å². The predicted molar refractivity (Wildman–Crippen MR) is 215 cm³/mol. The molecule has 0 amide bonds. The predicted octanol–water partition coefficient (Wildman–Crippen LogP) is 9.55. The largest absolute Gasteiger partial charge is 0.321 e. The third-order valence-electron chi connectivity index (χ3n) is 9.10. The molecule has 232 valence electrons. The van der Waals surface area contributed by atoms with E-state index >= 15 is 0 Å². The van der Waals surface area contributed by atoms with Gasteiger partial charge in [0.2, 0.25) is 0 Å². The Kier molecular flexibility index (Phi) is 8.32. The first-order valence-electron chi connectivity index (χ1n) is 16.2. The third-order valence-corrected chi connectivity index (χ3v) is 15.1. The molecule has 0 atom stereocenters. The molecular formula is C43H33N2PS2. The standard InChI is InChI=1S/C43H33N2PS2/c1-2-45(31-19-7-3-8-20-31)43-44-42(47)40(41(48-43)39-37-29-17-15-27-35(37)36-28-16-18-30-38(36)39)46(32-21-9-4-10-22-32,33-23-11-5-12-24-33)34-25-13-6-14-26-34/h3-30H,2H2,1H3. The molecule has 0 unspecified atom stereocenters. The van der Waals surface area contributed by atoms with Crippen LogP contribution in [0.4, 0.5) is 5.69 Å². The summed E-state index contributed by atoms with van der Waals surface area (Å²) >= 11 is 8.37. The van der Waals surface area contributed by atoms with Gasteiger partial charge in [0.1, 0.15) is 4.99 Å². The Morgan fingerprint density at radius 1 is 0.542 bits per heavy atom. The van der Waals surface area contributed by atoms with Crippen molar-refractivity contribution in [3.05, 3.63) is 186 Å². The summed E-state index contributed by atoms with van der Waals surface area (Å²) in [5, 5.41) is 5.81. The number of hydrogen-bond acceptors (Lipinski definition) is 3. The number of benzene rings is 6. The van der Waals surface area contributed by atoms with Crippen molar-refractivity contribution in [2.24, 2.45) is 4.99 Å². The second-order valence-corrected chi connectivity index (χ2v) is 16.4. The maximum atomic E-state index is 6.61. The van der Waals surface area contributed by atoms with E-state index in [4.69, 9.17) is 17.2 Å². The molecule has 6 aromatic rings. The van der Waals surface area contributed by atoms with E-state index in [2.05, 4.69) is 182 Å². The fourth-order valence-electron chi connectivity index (χ4n) is 7.07. The summed E-state index contributed by atoms with van der Waals surface area (Å²) in [6.45, 7) is 0.362. The van der Waals surface area contributed by atoms with Gasteiger partial charge in [-0.05, 0) is 64.1 Å². The van der Waals surface area contributed by atoms with Crippen molar-refractivity contribution in [2.75, 3.05) is 11.4 Å². The van der Waals surface area contributed by atoms with E-state index in [-0.39, 0.29) is 0 Å². The van der Waals surface area contributed by atoms with E-state index in [0.29, 0.717) is 4.99 Å². The number of thiocarbonyl (C=S) groups is 1. The van der Waals surface area contributed by atoms with Gasteiger partial charge in [-0.25, -0.2) is 4.99 Å². The lowest BCUT2D eigenvalue weighted by atomic mass is 10.0. The van der Waals surface area contributed by atoms with Crippen molar-refractivity contribution in [2.45, 2.75) is 6.92 Å². The molecule has 0 radical (unpaired) electrons. The van der Waals surface area contributed by atoms with Crippen LogP contribution in [0.5, 0.6) is 0 Å². The SMILES string of the molecule is CCN(C1=NC(=S)C(=P(c2ccccc2)(c2ccccc2)c2ccccc2)C(=C2c3ccccc3-c3ccccc32)S1)c1ccccc1. The Morgan fingerprint density at radius 2 is 0.938 bits per heavy atom. The molecule has 0 N–H and O–H groups in total. The lowest BCUT2D eigenvalue weighted by Crippen LogP contribution is -2.38. The van der Waals surface area contributed by atoms with E-state index in [1.165, 1.54) is 48.6 Å². The van der Waals surface area contributed by atoms with Gasteiger partial charge >= 0.3 is 0 Å². The summed E-state index contributed by atoms with van der Waals surface area (Å²) in [4.78, 5) is 9.50. The Hall–Kier alpha value is -4.73. The van der Waals surface area contributed by atoms with E-state index in [1.807, 2.05) is 0 Å². The highest BCUT2D eigenvalue weighted by Crippen LogP contribution is 2.55. The summed E-state index contributed by atoms with van der Waals surface area (Å²) in [6, 6.07) is 61.1. The van der Waals surface area contributed by atoms with E-state index in [9.17, 15) is 0 Å². The average Bonchev–Trinajstić information content (AvgIpc) is 3.49. The molecule has 2 nitrogen and oxygen atoms in total. The second-order valence-electron chi connectivity index (χ2n) is 11.7. The third kappa shape index (κ3) is 5.04. The number of thioether (sulfide) groups is 1. The highest BCUT2D eigenvalue weighted by atomic mass is 32.2. The second kappa shape index (κ2) is 13.1. The van der Waals surface area contributed by atoms with Gasteiger partial charge in [0, 0.05) is 28.0 Å². The lowest BCUT2D eigenvalue weighted by molar-refractivity contribution is 1.07. The molecule has 0 saturated heterocycles. The molecule has 0 fully saturated rings. The van der Waals surface area contributed by atoms with Crippen molar-refractivity contribution in [1.29, 1.82) is 0 Å². The molecule has 0 bridgehead atoms. The Morgan fingerprint density at radius 3 is 1.38 bits per heavy atom. The Balaban J connectivity index is 1.59. The molecule has 0 spiro atoms. The average molecular weight is 673 g/mol. The molecule has 8 rings (SSSR count). The molecule has 1 aliphatic heterocycles. The number of amidine groups is 1. The molecule has 0 aromatic heterocycles. The molecule has 1 aliphatic carbocycles. The highest BCUT2D eigenvalue weighted by molar-refractivity contribution is 8.20. The number of hydrogen-bond donors (Lipinski definition) is 0. The minimum absolute atomic E-state index is 0.646. The molecule has 48 heavy (non-hydrogen) atoms. The number of para-hydroxylation sites is 1. The van der Waals surface area contributed by atoms with Crippen LogP contribution in [0.25, 0.3) is 16.7 Å². The molecule has 5 heteroatoms. The fourth-order valence-corrected chi connectivity index (χ4v) is 13.8. The van der Waals surface area contributed by atoms with Gasteiger partial charge in [-0.3, -0.25) is 0 Å². The summed E-state index contributed by atoms with van der Waals surface area (Å²) < 4.78 is 0. The lowest BCUT2D eigenvalue weighted by Gasteiger charge is -2.37. The van der Waals surface area contributed by atoms with Gasteiger partial charge in [0.05, 0.1) is 0 Å². The first-order valence-corrected chi connectivity index (χ1v) is 19.2. The van der Waals surface area contributed by atoms with Crippen molar-refractivity contribution in [3.8, 4) is 11.1 Å². The quantitative estimate of drug-likeness (QED) is 0.134. The van der Waals surface area contributed by atoms with E-state index in [0.717, 1.165) is 22.7 Å². The van der Waals surface area contributed by atoms with Crippen LogP contribution in [-0.4, -0.2) is 22.0 Å². The number of rotatable bonds is 5. The van der Waals surface area contributed by atoms with Crippen molar-refractivity contribution < 1.29 is 0 Å². The zero-order chi connectivity index (χ0) is 32.5. The van der Waals surface area contributed by atoms with Gasteiger partial charge in [-0.15, -0.1) is 0 Å². The maximum absolute atomic E-state index is 6.61. The molecule has 0 saturated carbocycles. The molecule has 2 aliphatic rings. The van der Waals surface area contributed by atoms with Gasteiger partial charge < -0.3 is 4.90 Å². The van der Waals surface area contributed by atoms with Gasteiger partial charge in [-0.2, -0.15) is 0 Å². The number of anilines is 1. The van der Waals surface area contributed by atoms with Crippen LogP contribution in [0, 0.1) is 0 Å². The minimum Gasteiger partial charge on any atom is -0.321 e. The zero-order valence-electron chi connectivity index (χ0n) is 26.5. The van der Waals surface area contributed by atoms with Gasteiger partial charge in [-0.1, -0.05) is 182 Å². The van der Waals surface area contributed by atoms with Crippen LogP contribution in [0.3, 0.4) is 0 Å². The monoisotopic (exact) mass is 672 g/mol. The summed E-state index contributed by atoms with van der Waals surface area (Å²) in [7, 11) is 0. The van der Waals surface area contributed by atoms with Gasteiger partial charge in [0.25, 0.3) is 0 Å². The first kappa shape index (κ1) is 30.6. The maximum Gasteiger partial charge on any atom is 0.174 e. The van der Waals surface area contributed by atoms with E-state index < -0.39 is 6.89 Å². The number of aliphatic imine (C=N–C) groups is 1. The zero-order valence-corrected chi connectivity index (χ0v) is 29.1. The highest BCUT2D eigenvalue weighted by Gasteiger charge is 2.40. The van der Waals surface area contributed by atoms with Crippen molar-refractivity contribution >= 4 is 73.5 Å². The van der Waals surface area contributed by atoms with Crippen LogP contribution in [0.2, 0.25) is 0 Å². The van der Waals surface area contributed by atoms with Crippen molar-refractivity contribution in [1.82, 2.24) is 0 Å². The summed E-state index contributed by atoms with van der Waals surface area (Å²) in [5.41, 5.74) is 7.31. The Bertz CT molecular complexity index is 2110. The molecule has 1 heterocycles. The summed E-state index contributed by atoms with van der Waals surface area (Å²) in [6.07, 6.45) is 0. The van der Waals surface area contributed by atoms with Crippen LogP contribution in [0.15, 0.2) is 180 Å². The number of fused-ring (bicyclic) bond motifs is 3. The molecular weight excluding hydrogens is 640 g/mol. The van der Waals surface area contributed by atoms with Crippen LogP contribution < -0.4 is 20.8 Å². The van der Waals surface area contributed by atoms with Gasteiger partial charge in [0.15, 0.2) is 5.17 Å². The molecule has 6 aromatic carbocycles. The normalized spacial score (nSPS) is 14.0. The smallest absolute Gasteiger partial charge is 0.174 e. The van der Waals surface area contributed by atoms with Crippen molar-refractivity contribution in [3.63, 3.8) is 0 Å². The van der Waals surface area contributed by atoms with Crippen LogP contribution in [0.1, 0.15) is 18.1 Å². The van der Waals surface area contributed by atoms with Crippen LogP contribution in [-0.2, 0) is 0 Å². The number of nitrogens with zero attached hydrogens (tertiary/aromatic N) is 2. The fraction of sp³-hybridized carbons (Fsp3) is 0.0465. The summed E-state index contributed by atoms with van der Waals surface area (Å²) in [5.74, 6) is 0. The minimum atomic E-state index is -2.58. The topological polar surface area (TPSA) is 15.6 Å².